The highest BCUT2D eigenvalue weighted by molar-refractivity contribution is 5.31. The number of allylic oxidation sites excluding steroid dienone is 2. The summed E-state index contributed by atoms with van der Waals surface area (Å²) in [5, 5.41) is 0. The van der Waals surface area contributed by atoms with Gasteiger partial charge in [-0.25, -0.2) is 0 Å². The van der Waals surface area contributed by atoms with Crippen LogP contribution in [-0.2, 0) is 5.41 Å². The number of benzene rings is 1. The van der Waals surface area contributed by atoms with Crippen LogP contribution in [0.2, 0.25) is 0 Å². The molecule has 1 nitrogen and oxygen atoms in total. The van der Waals surface area contributed by atoms with Crippen molar-refractivity contribution in [3.63, 3.8) is 0 Å². The van der Waals surface area contributed by atoms with Crippen LogP contribution in [0.15, 0.2) is 36.4 Å². The van der Waals surface area contributed by atoms with Gasteiger partial charge in [0.2, 0.25) is 0 Å². The van der Waals surface area contributed by atoms with Crippen LogP contribution in [0.4, 0.5) is 13.2 Å². The predicted molar refractivity (Wildman–Crippen MR) is 79.7 cm³/mol. The molecule has 1 aromatic carbocycles. The molecular formula is C17H23F3O. The van der Waals surface area contributed by atoms with Crippen LogP contribution in [0.3, 0.4) is 0 Å². The van der Waals surface area contributed by atoms with Gasteiger partial charge in [0.15, 0.2) is 0 Å². The van der Waals surface area contributed by atoms with Crippen LogP contribution < -0.4 is 4.74 Å². The molecule has 0 bridgehead atoms. The molecule has 0 amide bonds. The van der Waals surface area contributed by atoms with E-state index in [1.807, 2.05) is 24.3 Å². The Bertz CT molecular complexity index is 439. The number of ether oxygens (including phenoxy) is 1. The van der Waals surface area contributed by atoms with Crippen molar-refractivity contribution in [3.8, 4) is 5.75 Å². The first-order valence-electron chi connectivity index (χ1n) is 7.16. The van der Waals surface area contributed by atoms with Gasteiger partial charge < -0.3 is 4.74 Å². The molecule has 0 N–H and O–H groups in total. The van der Waals surface area contributed by atoms with Crippen molar-refractivity contribution in [2.24, 2.45) is 0 Å². The van der Waals surface area contributed by atoms with E-state index in [1.54, 1.807) is 0 Å². The maximum Gasteiger partial charge on any atom is 0.409 e. The molecule has 0 heterocycles. The Morgan fingerprint density at radius 3 is 2.14 bits per heavy atom. The summed E-state index contributed by atoms with van der Waals surface area (Å²) in [6, 6.07) is 7.96. The highest BCUT2D eigenvalue weighted by Gasteiger charge is 2.21. The second kappa shape index (κ2) is 7.53. The SMILES string of the molecule is CC(C)(C)c1ccc(OCCCCC=CC(F)(F)F)cc1. The summed E-state index contributed by atoms with van der Waals surface area (Å²) >= 11 is 0. The van der Waals surface area contributed by atoms with Gasteiger partial charge in [0.25, 0.3) is 0 Å². The summed E-state index contributed by atoms with van der Waals surface area (Å²) in [6.45, 7) is 6.97. The molecule has 0 unspecified atom stereocenters. The van der Waals surface area contributed by atoms with Crippen LogP contribution in [0.1, 0.15) is 45.6 Å². The van der Waals surface area contributed by atoms with E-state index in [-0.39, 0.29) is 5.41 Å². The van der Waals surface area contributed by atoms with E-state index in [9.17, 15) is 13.2 Å². The summed E-state index contributed by atoms with van der Waals surface area (Å²) < 4.78 is 41.1. The summed E-state index contributed by atoms with van der Waals surface area (Å²) in [7, 11) is 0. The molecule has 0 atom stereocenters. The van der Waals surface area contributed by atoms with Gasteiger partial charge in [-0.3, -0.25) is 0 Å². The number of halogens is 3. The highest BCUT2D eigenvalue weighted by Crippen LogP contribution is 2.24. The van der Waals surface area contributed by atoms with Gasteiger partial charge in [0.05, 0.1) is 6.61 Å². The molecule has 0 saturated carbocycles. The lowest BCUT2D eigenvalue weighted by Crippen LogP contribution is -2.10. The Kier molecular flexibility index (Phi) is 6.31. The van der Waals surface area contributed by atoms with Crippen molar-refractivity contribution in [2.75, 3.05) is 6.61 Å². The molecule has 1 rings (SSSR count). The number of rotatable bonds is 6. The molecule has 0 fully saturated rings. The predicted octanol–water partition coefficient (Wildman–Crippen LogP) is 5.65. The lowest BCUT2D eigenvalue weighted by Gasteiger charge is -2.19. The van der Waals surface area contributed by atoms with Crippen molar-refractivity contribution >= 4 is 0 Å². The number of unbranched alkanes of at least 4 members (excludes halogenated alkanes) is 2. The minimum absolute atomic E-state index is 0.114. The topological polar surface area (TPSA) is 9.23 Å². The Labute approximate surface area is 124 Å². The highest BCUT2D eigenvalue weighted by atomic mass is 19.4. The zero-order valence-corrected chi connectivity index (χ0v) is 12.8. The van der Waals surface area contributed by atoms with Crippen LogP contribution in [0, 0.1) is 0 Å². The second-order valence-electron chi connectivity index (χ2n) is 6.06. The lowest BCUT2D eigenvalue weighted by molar-refractivity contribution is -0.0800. The molecule has 0 aliphatic rings. The minimum atomic E-state index is -4.20. The van der Waals surface area contributed by atoms with Crippen LogP contribution in [-0.4, -0.2) is 12.8 Å². The van der Waals surface area contributed by atoms with E-state index in [1.165, 1.54) is 5.56 Å². The molecule has 21 heavy (non-hydrogen) atoms. The first-order chi connectivity index (χ1) is 9.68. The smallest absolute Gasteiger partial charge is 0.409 e. The molecule has 0 radical (unpaired) electrons. The zero-order valence-electron chi connectivity index (χ0n) is 12.8. The molecule has 118 valence electrons. The molecule has 1 aromatic rings. The summed E-state index contributed by atoms with van der Waals surface area (Å²) in [6.07, 6.45) is -0.899. The van der Waals surface area contributed by atoms with E-state index in [0.29, 0.717) is 25.5 Å². The van der Waals surface area contributed by atoms with E-state index in [4.69, 9.17) is 4.74 Å². The normalized spacial score (nSPS) is 12.9. The largest absolute Gasteiger partial charge is 0.494 e. The van der Waals surface area contributed by atoms with Crippen molar-refractivity contribution in [3.05, 3.63) is 42.0 Å². The minimum Gasteiger partial charge on any atom is -0.494 e. The third-order valence-electron chi connectivity index (χ3n) is 3.06. The van der Waals surface area contributed by atoms with Crippen molar-refractivity contribution in [1.82, 2.24) is 0 Å². The van der Waals surface area contributed by atoms with Crippen LogP contribution in [0.25, 0.3) is 0 Å². The van der Waals surface area contributed by atoms with Gasteiger partial charge in [-0.15, -0.1) is 0 Å². The van der Waals surface area contributed by atoms with Crippen molar-refractivity contribution in [1.29, 1.82) is 0 Å². The summed E-state index contributed by atoms with van der Waals surface area (Å²) in [5.74, 6) is 0.800. The Morgan fingerprint density at radius 2 is 1.62 bits per heavy atom. The third kappa shape index (κ3) is 7.78. The van der Waals surface area contributed by atoms with E-state index >= 15 is 0 Å². The molecular weight excluding hydrogens is 277 g/mol. The zero-order chi connectivity index (χ0) is 15.9. The summed E-state index contributed by atoms with van der Waals surface area (Å²) in [5.41, 5.74) is 1.36. The number of hydrogen-bond donors (Lipinski definition) is 0. The van der Waals surface area contributed by atoms with E-state index < -0.39 is 6.18 Å². The van der Waals surface area contributed by atoms with Crippen LogP contribution in [0.5, 0.6) is 5.75 Å². The van der Waals surface area contributed by atoms with Gasteiger partial charge in [0.1, 0.15) is 5.75 Å². The fraction of sp³-hybridized carbons (Fsp3) is 0.529. The lowest BCUT2D eigenvalue weighted by atomic mass is 9.87. The monoisotopic (exact) mass is 300 g/mol. The fourth-order valence-corrected chi connectivity index (χ4v) is 1.82. The average Bonchev–Trinajstić information content (AvgIpc) is 2.36. The standard InChI is InChI=1S/C17H23F3O/c1-16(2,3)14-8-10-15(11-9-14)21-13-7-5-4-6-12-17(18,19)20/h6,8-12H,4-5,7,13H2,1-3H3. The average molecular weight is 300 g/mol. The number of hydrogen-bond acceptors (Lipinski definition) is 1. The molecule has 0 aromatic heterocycles. The maximum atomic E-state index is 11.9. The Hall–Kier alpha value is -1.45. The van der Waals surface area contributed by atoms with Crippen molar-refractivity contribution < 1.29 is 17.9 Å². The Morgan fingerprint density at radius 1 is 1.00 bits per heavy atom. The molecule has 0 aliphatic heterocycles. The van der Waals surface area contributed by atoms with Gasteiger partial charge in [-0.05, 0) is 42.4 Å². The van der Waals surface area contributed by atoms with E-state index in [2.05, 4.69) is 20.8 Å². The number of alkyl halides is 3. The van der Waals surface area contributed by atoms with Crippen molar-refractivity contribution in [2.45, 2.75) is 51.6 Å². The van der Waals surface area contributed by atoms with Crippen LogP contribution >= 0.6 is 0 Å². The fourth-order valence-electron chi connectivity index (χ4n) is 1.82. The third-order valence-corrected chi connectivity index (χ3v) is 3.06. The first kappa shape index (κ1) is 17.6. The maximum absolute atomic E-state index is 11.9. The second-order valence-corrected chi connectivity index (χ2v) is 6.06. The molecule has 4 heteroatoms. The van der Waals surface area contributed by atoms with Gasteiger partial charge in [-0.1, -0.05) is 39.0 Å². The van der Waals surface area contributed by atoms with Gasteiger partial charge >= 0.3 is 6.18 Å². The van der Waals surface area contributed by atoms with Gasteiger partial charge in [0, 0.05) is 6.08 Å². The first-order valence-corrected chi connectivity index (χ1v) is 7.16. The molecule has 0 aliphatic carbocycles. The molecule has 0 saturated heterocycles. The van der Waals surface area contributed by atoms with E-state index in [0.717, 1.165) is 18.2 Å². The van der Waals surface area contributed by atoms with Gasteiger partial charge in [-0.2, -0.15) is 13.2 Å². The molecule has 0 spiro atoms. The Balaban J connectivity index is 2.23. The quantitative estimate of drug-likeness (QED) is 0.487. The summed E-state index contributed by atoms with van der Waals surface area (Å²) in [4.78, 5) is 0.